The molecule has 3 rings (SSSR count). The zero-order valence-electron chi connectivity index (χ0n) is 14.7. The number of halogens is 1. The lowest BCUT2D eigenvalue weighted by Crippen LogP contribution is -2.39. The summed E-state index contributed by atoms with van der Waals surface area (Å²) >= 11 is 2.20. The van der Waals surface area contributed by atoms with Gasteiger partial charge in [-0.25, -0.2) is 0 Å². The van der Waals surface area contributed by atoms with Crippen molar-refractivity contribution >= 4 is 40.1 Å². The van der Waals surface area contributed by atoms with E-state index in [-0.39, 0.29) is 17.9 Å². The van der Waals surface area contributed by atoms with Gasteiger partial charge in [-0.2, -0.15) is 0 Å². The molecule has 1 aliphatic heterocycles. The SMILES string of the molecule is Cc1cccc(C(=O)Nc2cccc(CN3CCCC3C(N)=O)c2)c1I. The molecule has 1 unspecified atom stereocenters. The van der Waals surface area contributed by atoms with Crippen LogP contribution >= 0.6 is 22.6 Å². The molecule has 5 nitrogen and oxygen atoms in total. The van der Waals surface area contributed by atoms with E-state index in [1.807, 2.05) is 49.4 Å². The van der Waals surface area contributed by atoms with Crippen molar-refractivity contribution in [2.45, 2.75) is 32.4 Å². The molecule has 0 radical (unpaired) electrons. The molecule has 0 aliphatic carbocycles. The maximum atomic E-state index is 12.6. The predicted octanol–water partition coefficient (Wildman–Crippen LogP) is 3.30. The topological polar surface area (TPSA) is 75.4 Å². The Morgan fingerprint density at radius 2 is 2.04 bits per heavy atom. The van der Waals surface area contributed by atoms with Crippen LogP contribution in [0.3, 0.4) is 0 Å². The second-order valence-electron chi connectivity index (χ2n) is 6.62. The standard InChI is InChI=1S/C20H22IN3O2/c1-13-5-2-8-16(18(13)21)20(26)23-15-7-3-6-14(11-15)12-24-10-4-9-17(24)19(22)25/h2-3,5-8,11,17H,4,9-10,12H2,1H3,(H2,22,25)(H,23,26). The first-order valence-corrected chi connectivity index (χ1v) is 9.72. The highest BCUT2D eigenvalue weighted by molar-refractivity contribution is 14.1. The van der Waals surface area contributed by atoms with Crippen molar-refractivity contribution in [2.75, 3.05) is 11.9 Å². The number of carbonyl (C=O) groups excluding carboxylic acids is 2. The lowest BCUT2D eigenvalue weighted by molar-refractivity contribution is -0.122. The minimum atomic E-state index is -0.263. The molecule has 3 N–H and O–H groups in total. The molecule has 0 spiro atoms. The number of carbonyl (C=O) groups is 2. The molecule has 1 aliphatic rings. The Kier molecular flexibility index (Phi) is 5.93. The first kappa shape index (κ1) is 18.8. The molecular weight excluding hydrogens is 441 g/mol. The minimum Gasteiger partial charge on any atom is -0.368 e. The second-order valence-corrected chi connectivity index (χ2v) is 7.70. The number of benzene rings is 2. The van der Waals surface area contributed by atoms with Gasteiger partial charge < -0.3 is 11.1 Å². The quantitative estimate of drug-likeness (QED) is 0.669. The van der Waals surface area contributed by atoms with Gasteiger partial charge in [-0.3, -0.25) is 14.5 Å². The van der Waals surface area contributed by atoms with E-state index >= 15 is 0 Å². The van der Waals surface area contributed by atoms with Crippen molar-refractivity contribution in [3.8, 4) is 0 Å². The van der Waals surface area contributed by atoms with E-state index in [2.05, 4.69) is 32.8 Å². The van der Waals surface area contributed by atoms with Gasteiger partial charge >= 0.3 is 0 Å². The Morgan fingerprint density at radius 3 is 2.81 bits per heavy atom. The Morgan fingerprint density at radius 1 is 1.27 bits per heavy atom. The molecule has 0 saturated carbocycles. The predicted molar refractivity (Wildman–Crippen MR) is 111 cm³/mol. The summed E-state index contributed by atoms with van der Waals surface area (Å²) < 4.78 is 0.958. The summed E-state index contributed by atoms with van der Waals surface area (Å²) in [6, 6.07) is 13.3. The van der Waals surface area contributed by atoms with Gasteiger partial charge in [0.25, 0.3) is 5.91 Å². The number of primary amides is 1. The Labute approximate surface area is 167 Å². The third-order valence-corrected chi connectivity index (χ3v) is 6.13. The third kappa shape index (κ3) is 4.24. The molecule has 26 heavy (non-hydrogen) atoms. The van der Waals surface area contributed by atoms with E-state index in [4.69, 9.17) is 5.73 Å². The van der Waals surface area contributed by atoms with Crippen LogP contribution in [0.2, 0.25) is 0 Å². The number of hydrogen-bond donors (Lipinski definition) is 2. The zero-order valence-corrected chi connectivity index (χ0v) is 16.8. The largest absolute Gasteiger partial charge is 0.368 e. The van der Waals surface area contributed by atoms with Crippen LogP contribution in [0.4, 0.5) is 5.69 Å². The van der Waals surface area contributed by atoms with Crippen LogP contribution in [-0.4, -0.2) is 29.3 Å². The second kappa shape index (κ2) is 8.18. The number of hydrogen-bond acceptors (Lipinski definition) is 3. The fourth-order valence-electron chi connectivity index (χ4n) is 3.34. The number of nitrogens with one attached hydrogen (secondary N) is 1. The molecule has 2 aromatic rings. The van der Waals surface area contributed by atoms with Crippen LogP contribution in [0.1, 0.15) is 34.3 Å². The summed E-state index contributed by atoms with van der Waals surface area (Å²) in [5, 5.41) is 2.97. The number of likely N-dealkylation sites (tertiary alicyclic amines) is 1. The van der Waals surface area contributed by atoms with E-state index < -0.39 is 0 Å². The van der Waals surface area contributed by atoms with E-state index in [1.54, 1.807) is 0 Å². The molecule has 6 heteroatoms. The van der Waals surface area contributed by atoms with Crippen molar-refractivity contribution in [3.63, 3.8) is 0 Å². The number of nitrogens with two attached hydrogens (primary N) is 1. The number of rotatable bonds is 5. The summed E-state index contributed by atoms with van der Waals surface area (Å²) in [7, 11) is 0. The van der Waals surface area contributed by atoms with Gasteiger partial charge in [0, 0.05) is 15.8 Å². The van der Waals surface area contributed by atoms with Gasteiger partial charge in [0.05, 0.1) is 11.6 Å². The lowest BCUT2D eigenvalue weighted by Gasteiger charge is -2.22. The summed E-state index contributed by atoms with van der Waals surface area (Å²) in [6.07, 6.45) is 1.80. The van der Waals surface area contributed by atoms with Crippen LogP contribution in [0.5, 0.6) is 0 Å². The fourth-order valence-corrected chi connectivity index (χ4v) is 3.95. The molecular formula is C20H22IN3O2. The minimum absolute atomic E-state index is 0.119. The Hall–Kier alpha value is -1.93. The van der Waals surface area contributed by atoms with Crippen LogP contribution < -0.4 is 11.1 Å². The van der Waals surface area contributed by atoms with Gasteiger partial charge in [-0.15, -0.1) is 0 Å². The van der Waals surface area contributed by atoms with Crippen molar-refractivity contribution in [1.82, 2.24) is 4.90 Å². The fraction of sp³-hybridized carbons (Fsp3) is 0.300. The van der Waals surface area contributed by atoms with E-state index in [1.165, 1.54) is 0 Å². The summed E-state index contributed by atoms with van der Waals surface area (Å²) in [6.45, 7) is 3.51. The molecule has 136 valence electrons. The Bertz CT molecular complexity index is 838. The molecule has 0 bridgehead atoms. The molecule has 2 aromatic carbocycles. The molecule has 0 aromatic heterocycles. The number of aryl methyl sites for hydroxylation is 1. The highest BCUT2D eigenvalue weighted by Crippen LogP contribution is 2.22. The van der Waals surface area contributed by atoms with Crippen molar-refractivity contribution in [3.05, 3.63) is 62.7 Å². The molecule has 1 atom stereocenters. The number of nitrogens with zero attached hydrogens (tertiary/aromatic N) is 1. The summed E-state index contributed by atoms with van der Waals surface area (Å²) in [5.74, 6) is -0.382. The van der Waals surface area contributed by atoms with Gasteiger partial charge in [0.1, 0.15) is 0 Å². The Balaban J connectivity index is 1.72. The zero-order chi connectivity index (χ0) is 18.7. The molecule has 2 amide bonds. The smallest absolute Gasteiger partial charge is 0.256 e. The van der Waals surface area contributed by atoms with E-state index in [9.17, 15) is 9.59 Å². The van der Waals surface area contributed by atoms with Gasteiger partial charge in [-0.05, 0) is 78.2 Å². The first-order chi connectivity index (χ1) is 12.5. The average molecular weight is 463 g/mol. The van der Waals surface area contributed by atoms with Crippen molar-refractivity contribution < 1.29 is 9.59 Å². The maximum Gasteiger partial charge on any atom is 0.256 e. The monoisotopic (exact) mass is 463 g/mol. The van der Waals surface area contributed by atoms with E-state index in [0.717, 1.165) is 39.8 Å². The highest BCUT2D eigenvalue weighted by atomic mass is 127. The van der Waals surface area contributed by atoms with Crippen LogP contribution in [0.25, 0.3) is 0 Å². The number of anilines is 1. The number of amides is 2. The normalized spacial score (nSPS) is 17.2. The van der Waals surface area contributed by atoms with Crippen LogP contribution in [-0.2, 0) is 11.3 Å². The lowest BCUT2D eigenvalue weighted by atomic mass is 10.1. The van der Waals surface area contributed by atoms with E-state index in [0.29, 0.717) is 12.1 Å². The summed E-state index contributed by atoms with van der Waals surface area (Å²) in [5.41, 5.74) is 9.04. The average Bonchev–Trinajstić information content (AvgIpc) is 3.06. The highest BCUT2D eigenvalue weighted by Gasteiger charge is 2.28. The summed E-state index contributed by atoms with van der Waals surface area (Å²) in [4.78, 5) is 26.3. The van der Waals surface area contributed by atoms with Crippen LogP contribution in [0, 0.1) is 10.5 Å². The molecule has 1 saturated heterocycles. The first-order valence-electron chi connectivity index (χ1n) is 8.64. The van der Waals surface area contributed by atoms with Gasteiger partial charge in [0.15, 0.2) is 0 Å². The van der Waals surface area contributed by atoms with Gasteiger partial charge in [-0.1, -0.05) is 24.3 Å². The maximum absolute atomic E-state index is 12.6. The van der Waals surface area contributed by atoms with Gasteiger partial charge in [0.2, 0.25) is 5.91 Å². The van der Waals surface area contributed by atoms with Crippen molar-refractivity contribution in [2.24, 2.45) is 5.73 Å². The van der Waals surface area contributed by atoms with Crippen molar-refractivity contribution in [1.29, 1.82) is 0 Å². The molecule has 1 fully saturated rings. The third-order valence-electron chi connectivity index (χ3n) is 4.70. The molecule has 1 heterocycles. The van der Waals surface area contributed by atoms with Crippen LogP contribution in [0.15, 0.2) is 42.5 Å².